The molecule has 0 saturated carbocycles. The van der Waals surface area contributed by atoms with Gasteiger partial charge in [0, 0.05) is 44.3 Å². The third-order valence-electron chi connectivity index (χ3n) is 7.02. The van der Waals surface area contributed by atoms with Crippen LogP contribution in [0.2, 0.25) is 0 Å². The summed E-state index contributed by atoms with van der Waals surface area (Å²) in [7, 11) is 0. The van der Waals surface area contributed by atoms with Crippen molar-refractivity contribution in [2.24, 2.45) is 0 Å². The van der Waals surface area contributed by atoms with Crippen molar-refractivity contribution in [3.8, 4) is 0 Å². The average molecular weight is 538 g/mol. The minimum Gasteiger partial charge on any atom is -0.481 e. The van der Waals surface area contributed by atoms with Crippen LogP contribution in [0.1, 0.15) is 48.9 Å². The van der Waals surface area contributed by atoms with Crippen molar-refractivity contribution in [3.05, 3.63) is 59.4 Å². The number of carbonyl (C=O) groups is 4. The van der Waals surface area contributed by atoms with Gasteiger partial charge in [0.2, 0.25) is 5.91 Å². The van der Waals surface area contributed by atoms with E-state index in [0.29, 0.717) is 51.2 Å². The number of fused-ring (bicyclic) bond motifs is 1. The molecule has 1 aromatic carbocycles. The minimum absolute atomic E-state index is 0.175. The molecule has 39 heavy (non-hydrogen) atoms. The lowest BCUT2D eigenvalue weighted by Crippen LogP contribution is -2.41. The van der Waals surface area contributed by atoms with Gasteiger partial charge >= 0.3 is 18.1 Å². The Hall–Kier alpha value is -4.15. The van der Waals surface area contributed by atoms with Gasteiger partial charge in [0.15, 0.2) is 0 Å². The zero-order valence-corrected chi connectivity index (χ0v) is 22.2. The van der Waals surface area contributed by atoms with E-state index in [0.717, 1.165) is 29.7 Å². The number of carboxylic acid groups (broad SMARTS) is 1. The molecule has 208 valence electrons. The molecule has 4 rings (SSSR count). The molecule has 1 saturated heterocycles. The summed E-state index contributed by atoms with van der Waals surface area (Å²) >= 11 is 0. The van der Waals surface area contributed by atoms with Gasteiger partial charge in [-0.2, -0.15) is 0 Å². The summed E-state index contributed by atoms with van der Waals surface area (Å²) in [5, 5.41) is 12.0. The summed E-state index contributed by atoms with van der Waals surface area (Å²) in [6.07, 6.45) is 5.71. The van der Waals surface area contributed by atoms with Crippen LogP contribution in [0.3, 0.4) is 0 Å². The molecule has 1 atom stereocenters. The number of amides is 4. The maximum Gasteiger partial charge on any atom is 0.409 e. The molecular formula is C28H35N5O6. The Kier molecular flexibility index (Phi) is 9.35. The van der Waals surface area contributed by atoms with Crippen LogP contribution < -0.4 is 10.2 Å². The summed E-state index contributed by atoms with van der Waals surface area (Å²) in [6.45, 7) is 4.25. The van der Waals surface area contributed by atoms with Gasteiger partial charge in [0.1, 0.15) is 6.54 Å². The maximum absolute atomic E-state index is 13.2. The highest BCUT2D eigenvalue weighted by atomic mass is 16.6. The number of aromatic nitrogens is 1. The SMILES string of the molecule is CCCCOC(=O)N1CCc2ccc(N3CCN(CC(=O)NC(CC(=O)O)c4cccnc4)C3=O)cc2CC1. The number of nitrogens with one attached hydrogen (secondary N) is 1. The second-order valence-corrected chi connectivity index (χ2v) is 9.77. The number of anilines is 1. The monoisotopic (exact) mass is 537 g/mol. The maximum atomic E-state index is 13.2. The molecule has 11 heteroatoms. The molecule has 4 amide bonds. The average Bonchev–Trinajstić information content (AvgIpc) is 3.14. The Labute approximate surface area is 227 Å². The van der Waals surface area contributed by atoms with Crippen molar-refractivity contribution in [3.63, 3.8) is 0 Å². The molecule has 1 aromatic heterocycles. The summed E-state index contributed by atoms with van der Waals surface area (Å²) in [5.41, 5.74) is 3.57. The first-order valence-corrected chi connectivity index (χ1v) is 13.4. The molecule has 11 nitrogen and oxygen atoms in total. The summed E-state index contributed by atoms with van der Waals surface area (Å²) in [4.78, 5) is 58.5. The van der Waals surface area contributed by atoms with Crippen LogP contribution in [0.15, 0.2) is 42.7 Å². The Morgan fingerprint density at radius 2 is 1.90 bits per heavy atom. The highest BCUT2D eigenvalue weighted by molar-refractivity contribution is 5.96. The van der Waals surface area contributed by atoms with Crippen molar-refractivity contribution in [1.82, 2.24) is 20.1 Å². The lowest BCUT2D eigenvalue weighted by Gasteiger charge is -2.21. The van der Waals surface area contributed by atoms with E-state index >= 15 is 0 Å². The van der Waals surface area contributed by atoms with Crippen LogP contribution >= 0.6 is 0 Å². The van der Waals surface area contributed by atoms with E-state index in [1.807, 2.05) is 18.2 Å². The molecule has 1 unspecified atom stereocenters. The van der Waals surface area contributed by atoms with Crippen LogP contribution in [-0.4, -0.2) is 83.2 Å². The molecule has 0 aliphatic carbocycles. The third kappa shape index (κ3) is 7.24. The summed E-state index contributed by atoms with van der Waals surface area (Å²) in [5.74, 6) is -1.49. The zero-order chi connectivity index (χ0) is 27.8. The van der Waals surface area contributed by atoms with E-state index in [1.165, 1.54) is 11.1 Å². The Balaban J connectivity index is 1.35. The van der Waals surface area contributed by atoms with Crippen molar-refractivity contribution in [1.29, 1.82) is 0 Å². The van der Waals surface area contributed by atoms with Crippen LogP contribution in [0.5, 0.6) is 0 Å². The largest absolute Gasteiger partial charge is 0.481 e. The molecule has 2 N–H and O–H groups in total. The highest BCUT2D eigenvalue weighted by Crippen LogP contribution is 2.26. The van der Waals surface area contributed by atoms with E-state index in [1.54, 1.807) is 28.1 Å². The first kappa shape index (κ1) is 27.9. The van der Waals surface area contributed by atoms with Gasteiger partial charge in [0.05, 0.1) is 19.1 Å². The first-order chi connectivity index (χ1) is 18.9. The number of carboxylic acids is 1. The second-order valence-electron chi connectivity index (χ2n) is 9.77. The normalized spacial score (nSPS) is 15.9. The van der Waals surface area contributed by atoms with Crippen LogP contribution in [0, 0.1) is 0 Å². The predicted octanol–water partition coefficient (Wildman–Crippen LogP) is 2.99. The quantitative estimate of drug-likeness (QED) is 0.445. The molecule has 0 bridgehead atoms. The smallest absolute Gasteiger partial charge is 0.409 e. The first-order valence-electron chi connectivity index (χ1n) is 13.4. The molecule has 0 spiro atoms. The standard InChI is InChI=1S/C28H35N5O6/c1-2-3-15-39-28(38)31-11-8-20-6-7-23(16-21(20)9-12-31)33-14-13-32(27(33)37)19-25(34)30-24(17-26(35)36)22-5-4-10-29-18-22/h4-7,10,16,18,24H,2-3,8-9,11-15,17,19H2,1H3,(H,30,34)(H,35,36). The fraction of sp³-hybridized carbons (Fsp3) is 0.464. The number of hydrogen-bond acceptors (Lipinski definition) is 6. The van der Waals surface area contributed by atoms with Gasteiger partial charge in [-0.05, 0) is 54.2 Å². The molecule has 2 aliphatic heterocycles. The molecular weight excluding hydrogens is 502 g/mol. The summed E-state index contributed by atoms with van der Waals surface area (Å²) in [6, 6.07) is 8.26. The number of carbonyl (C=O) groups excluding carboxylic acids is 3. The van der Waals surface area contributed by atoms with Gasteiger partial charge in [-0.15, -0.1) is 0 Å². The van der Waals surface area contributed by atoms with Crippen LogP contribution in [0.4, 0.5) is 15.3 Å². The number of aliphatic carboxylic acids is 1. The number of benzene rings is 1. The van der Waals surface area contributed by atoms with E-state index in [9.17, 15) is 24.3 Å². The van der Waals surface area contributed by atoms with Gasteiger partial charge in [-0.3, -0.25) is 19.5 Å². The number of nitrogens with zero attached hydrogens (tertiary/aromatic N) is 4. The number of rotatable bonds is 10. The van der Waals surface area contributed by atoms with Crippen molar-refractivity contribution in [2.45, 2.75) is 45.1 Å². The Morgan fingerprint density at radius 3 is 2.62 bits per heavy atom. The zero-order valence-electron chi connectivity index (χ0n) is 22.2. The Morgan fingerprint density at radius 1 is 1.10 bits per heavy atom. The van der Waals surface area contributed by atoms with Crippen molar-refractivity contribution in [2.75, 3.05) is 44.2 Å². The topological polar surface area (TPSA) is 132 Å². The minimum atomic E-state index is -1.05. The van der Waals surface area contributed by atoms with Crippen molar-refractivity contribution < 1.29 is 29.0 Å². The number of hydrogen-bond donors (Lipinski definition) is 2. The third-order valence-corrected chi connectivity index (χ3v) is 7.02. The second kappa shape index (κ2) is 13.1. The molecule has 3 heterocycles. The van der Waals surface area contributed by atoms with Gasteiger partial charge < -0.3 is 25.0 Å². The number of ether oxygens (including phenoxy) is 1. The van der Waals surface area contributed by atoms with Crippen molar-refractivity contribution >= 4 is 29.7 Å². The predicted molar refractivity (Wildman–Crippen MR) is 143 cm³/mol. The van der Waals surface area contributed by atoms with E-state index < -0.39 is 17.9 Å². The van der Waals surface area contributed by atoms with Gasteiger partial charge in [0.25, 0.3) is 0 Å². The van der Waals surface area contributed by atoms with E-state index in [2.05, 4.69) is 17.2 Å². The highest BCUT2D eigenvalue weighted by Gasteiger charge is 2.32. The van der Waals surface area contributed by atoms with Crippen LogP contribution in [0.25, 0.3) is 0 Å². The molecule has 1 fully saturated rings. The van der Waals surface area contributed by atoms with E-state index in [-0.39, 0.29) is 25.1 Å². The fourth-order valence-corrected chi connectivity index (χ4v) is 4.85. The number of urea groups is 1. The lowest BCUT2D eigenvalue weighted by atomic mass is 10.0. The lowest BCUT2D eigenvalue weighted by molar-refractivity contribution is -0.137. The molecule has 2 aromatic rings. The summed E-state index contributed by atoms with van der Waals surface area (Å²) < 4.78 is 5.37. The van der Waals surface area contributed by atoms with Gasteiger partial charge in [-0.25, -0.2) is 9.59 Å². The number of pyridine rings is 1. The molecule has 0 radical (unpaired) electrons. The van der Waals surface area contributed by atoms with Gasteiger partial charge in [-0.1, -0.05) is 25.5 Å². The van der Waals surface area contributed by atoms with Crippen LogP contribution in [-0.2, 0) is 27.2 Å². The van der Waals surface area contributed by atoms with E-state index in [4.69, 9.17) is 4.74 Å². The number of unbranched alkanes of at least 4 members (excludes halogenated alkanes) is 1. The molecule has 2 aliphatic rings. The Bertz CT molecular complexity index is 1190. The fourth-order valence-electron chi connectivity index (χ4n) is 4.85.